The summed E-state index contributed by atoms with van der Waals surface area (Å²) in [6, 6.07) is 10.1. The summed E-state index contributed by atoms with van der Waals surface area (Å²) in [6.07, 6.45) is 0. The summed E-state index contributed by atoms with van der Waals surface area (Å²) in [7, 11) is 1.67. The first-order valence-electron chi connectivity index (χ1n) is 8.41. The molecule has 0 aliphatic heterocycles. The maximum Gasteiger partial charge on any atom is 0.269 e. The van der Waals surface area contributed by atoms with Gasteiger partial charge in [-0.2, -0.15) is 0 Å². The van der Waals surface area contributed by atoms with E-state index in [9.17, 15) is 14.9 Å². The number of ether oxygens (including phenoxy) is 1. The molecule has 0 saturated heterocycles. The van der Waals surface area contributed by atoms with Crippen molar-refractivity contribution >= 4 is 11.6 Å². The summed E-state index contributed by atoms with van der Waals surface area (Å²) in [5, 5.41) is 10.9. The molecule has 0 fully saturated rings. The number of carbonyl (C=O) groups excluding carboxylic acids is 1. The lowest BCUT2D eigenvalue weighted by Gasteiger charge is -2.25. The number of aryl methyl sites for hydroxylation is 3. The number of hydrogen-bond donors (Lipinski definition) is 0. The van der Waals surface area contributed by atoms with Gasteiger partial charge in [-0.3, -0.25) is 14.9 Å². The van der Waals surface area contributed by atoms with Crippen LogP contribution in [0.5, 0.6) is 5.75 Å². The van der Waals surface area contributed by atoms with Crippen LogP contribution in [0.2, 0.25) is 0 Å². The predicted molar refractivity (Wildman–Crippen MR) is 100 cm³/mol. The fraction of sp³-hybridized carbons (Fsp3) is 0.350. The zero-order valence-electron chi connectivity index (χ0n) is 15.8. The molecule has 138 valence electrons. The molecule has 0 spiro atoms. The minimum absolute atomic E-state index is 0.0114. The van der Waals surface area contributed by atoms with Crippen molar-refractivity contribution in [3.63, 3.8) is 0 Å². The second kappa shape index (κ2) is 7.99. The Hall–Kier alpha value is -2.89. The third kappa shape index (κ3) is 4.39. The van der Waals surface area contributed by atoms with E-state index >= 15 is 0 Å². The average molecular weight is 356 g/mol. The van der Waals surface area contributed by atoms with Gasteiger partial charge in [-0.15, -0.1) is 0 Å². The van der Waals surface area contributed by atoms with E-state index in [2.05, 4.69) is 0 Å². The highest BCUT2D eigenvalue weighted by atomic mass is 16.6. The molecular formula is C20H24N2O4. The SMILES string of the molecule is Cc1cc(C)c(OCC(=O)N(C)[C@@H](C)c2cccc([N+](=O)[O-])c2)c(C)c1. The number of rotatable bonds is 6. The van der Waals surface area contributed by atoms with Crippen LogP contribution in [0.15, 0.2) is 36.4 Å². The number of benzene rings is 2. The van der Waals surface area contributed by atoms with Crippen molar-refractivity contribution in [3.8, 4) is 5.75 Å². The van der Waals surface area contributed by atoms with Gasteiger partial charge in [0, 0.05) is 19.2 Å². The van der Waals surface area contributed by atoms with E-state index in [1.807, 2.05) is 39.8 Å². The highest BCUT2D eigenvalue weighted by molar-refractivity contribution is 5.78. The van der Waals surface area contributed by atoms with Crippen LogP contribution in [0.3, 0.4) is 0 Å². The van der Waals surface area contributed by atoms with Gasteiger partial charge in [-0.05, 0) is 44.4 Å². The van der Waals surface area contributed by atoms with Crippen LogP contribution in [-0.4, -0.2) is 29.4 Å². The summed E-state index contributed by atoms with van der Waals surface area (Å²) in [5.74, 6) is 0.531. The summed E-state index contributed by atoms with van der Waals surface area (Å²) in [6.45, 7) is 7.67. The number of carbonyl (C=O) groups is 1. The molecule has 0 aliphatic rings. The molecule has 1 atom stereocenters. The normalized spacial score (nSPS) is 11.7. The van der Waals surface area contributed by atoms with E-state index in [-0.39, 0.29) is 24.2 Å². The third-order valence-electron chi connectivity index (χ3n) is 4.48. The highest BCUT2D eigenvalue weighted by Crippen LogP contribution is 2.26. The first-order chi connectivity index (χ1) is 12.2. The molecule has 26 heavy (non-hydrogen) atoms. The third-order valence-corrected chi connectivity index (χ3v) is 4.48. The summed E-state index contributed by atoms with van der Waals surface area (Å²) in [4.78, 5) is 24.5. The van der Waals surface area contributed by atoms with Crippen LogP contribution < -0.4 is 4.74 Å². The lowest BCUT2D eigenvalue weighted by molar-refractivity contribution is -0.384. The number of amides is 1. The van der Waals surface area contributed by atoms with Gasteiger partial charge in [-0.1, -0.05) is 29.8 Å². The van der Waals surface area contributed by atoms with Crippen LogP contribution >= 0.6 is 0 Å². The summed E-state index contributed by atoms with van der Waals surface area (Å²) < 4.78 is 5.75. The highest BCUT2D eigenvalue weighted by Gasteiger charge is 2.20. The number of nitrogens with zero attached hydrogens (tertiary/aromatic N) is 2. The fourth-order valence-electron chi connectivity index (χ4n) is 2.97. The topological polar surface area (TPSA) is 72.7 Å². The summed E-state index contributed by atoms with van der Waals surface area (Å²) in [5.41, 5.74) is 3.85. The van der Waals surface area contributed by atoms with Gasteiger partial charge in [0.15, 0.2) is 6.61 Å². The Kier molecular flexibility index (Phi) is 5.97. The average Bonchev–Trinajstić information content (AvgIpc) is 2.59. The molecule has 0 heterocycles. The smallest absolute Gasteiger partial charge is 0.269 e. The number of non-ortho nitro benzene ring substituents is 1. The van der Waals surface area contributed by atoms with E-state index in [0.29, 0.717) is 5.56 Å². The predicted octanol–water partition coefficient (Wildman–Crippen LogP) is 4.12. The van der Waals surface area contributed by atoms with E-state index in [1.165, 1.54) is 17.0 Å². The Morgan fingerprint density at radius 3 is 2.38 bits per heavy atom. The molecule has 0 radical (unpaired) electrons. The monoisotopic (exact) mass is 356 g/mol. The zero-order chi connectivity index (χ0) is 19.4. The second-order valence-electron chi connectivity index (χ2n) is 6.55. The van der Waals surface area contributed by atoms with Gasteiger partial charge in [0.25, 0.3) is 11.6 Å². The molecular weight excluding hydrogens is 332 g/mol. The maximum atomic E-state index is 12.5. The minimum Gasteiger partial charge on any atom is -0.483 e. The first kappa shape index (κ1) is 19.4. The molecule has 6 heteroatoms. The number of likely N-dealkylation sites (N-methyl/N-ethyl adjacent to an activating group) is 1. The van der Waals surface area contributed by atoms with Crippen molar-refractivity contribution < 1.29 is 14.5 Å². The molecule has 2 aromatic carbocycles. The van der Waals surface area contributed by atoms with Crippen LogP contribution in [0.25, 0.3) is 0 Å². The van der Waals surface area contributed by atoms with Gasteiger partial charge in [0.2, 0.25) is 0 Å². The minimum atomic E-state index is -0.440. The molecule has 2 rings (SSSR count). The maximum absolute atomic E-state index is 12.5. The molecule has 1 amide bonds. The number of nitro groups is 1. The van der Waals surface area contributed by atoms with Crippen molar-refractivity contribution in [2.45, 2.75) is 33.7 Å². The Balaban J connectivity index is 2.08. The Labute approximate surface area is 153 Å². The number of hydrogen-bond acceptors (Lipinski definition) is 4. The Morgan fingerprint density at radius 2 is 1.81 bits per heavy atom. The summed E-state index contributed by atoms with van der Waals surface area (Å²) >= 11 is 0. The van der Waals surface area contributed by atoms with Crippen LogP contribution in [-0.2, 0) is 4.79 Å². The molecule has 2 aromatic rings. The molecule has 6 nitrogen and oxygen atoms in total. The van der Waals surface area contributed by atoms with Crippen molar-refractivity contribution in [1.82, 2.24) is 4.90 Å². The van der Waals surface area contributed by atoms with E-state index < -0.39 is 4.92 Å². The van der Waals surface area contributed by atoms with Gasteiger partial charge in [-0.25, -0.2) is 0 Å². The molecule has 0 bridgehead atoms. The Bertz CT molecular complexity index is 809. The lowest BCUT2D eigenvalue weighted by Crippen LogP contribution is -2.33. The fourth-order valence-corrected chi connectivity index (χ4v) is 2.97. The standard InChI is InChI=1S/C20H24N2O4/c1-13-9-14(2)20(15(3)10-13)26-12-19(23)21(5)16(4)17-7-6-8-18(11-17)22(24)25/h6-11,16H,12H2,1-5H3/t16-/m0/s1. The molecule has 0 aliphatic carbocycles. The molecule has 0 aromatic heterocycles. The van der Waals surface area contributed by atoms with Crippen LogP contribution in [0, 0.1) is 30.9 Å². The van der Waals surface area contributed by atoms with E-state index in [0.717, 1.165) is 22.4 Å². The Morgan fingerprint density at radius 1 is 1.19 bits per heavy atom. The quantitative estimate of drug-likeness (QED) is 0.576. The van der Waals surface area contributed by atoms with Crippen molar-refractivity contribution in [3.05, 3.63) is 68.8 Å². The molecule has 0 saturated carbocycles. The van der Waals surface area contributed by atoms with E-state index in [1.54, 1.807) is 19.2 Å². The van der Waals surface area contributed by atoms with E-state index in [4.69, 9.17) is 4.74 Å². The van der Waals surface area contributed by atoms with Crippen molar-refractivity contribution in [1.29, 1.82) is 0 Å². The lowest BCUT2D eigenvalue weighted by atomic mass is 10.1. The van der Waals surface area contributed by atoms with Gasteiger partial charge in [0.1, 0.15) is 5.75 Å². The second-order valence-corrected chi connectivity index (χ2v) is 6.55. The van der Waals surface area contributed by atoms with Crippen molar-refractivity contribution in [2.24, 2.45) is 0 Å². The van der Waals surface area contributed by atoms with Gasteiger partial charge >= 0.3 is 0 Å². The van der Waals surface area contributed by atoms with Gasteiger partial charge in [0.05, 0.1) is 11.0 Å². The zero-order valence-corrected chi connectivity index (χ0v) is 15.8. The molecule has 0 N–H and O–H groups in total. The van der Waals surface area contributed by atoms with Crippen LogP contribution in [0.1, 0.15) is 35.2 Å². The number of nitro benzene ring substituents is 1. The molecule has 0 unspecified atom stereocenters. The first-order valence-corrected chi connectivity index (χ1v) is 8.41. The van der Waals surface area contributed by atoms with Crippen LogP contribution in [0.4, 0.5) is 5.69 Å². The largest absolute Gasteiger partial charge is 0.483 e. The van der Waals surface area contributed by atoms with Gasteiger partial charge < -0.3 is 9.64 Å². The van der Waals surface area contributed by atoms with Crippen molar-refractivity contribution in [2.75, 3.05) is 13.7 Å².